The van der Waals surface area contributed by atoms with E-state index in [4.69, 9.17) is 18.9 Å². The summed E-state index contributed by atoms with van der Waals surface area (Å²) in [6, 6.07) is 10.3. The van der Waals surface area contributed by atoms with Crippen LogP contribution in [-0.4, -0.2) is 49.0 Å². The molecule has 30 heavy (non-hydrogen) atoms. The molecule has 0 saturated carbocycles. The third kappa shape index (κ3) is 5.35. The quantitative estimate of drug-likeness (QED) is 0.624. The Morgan fingerprint density at radius 1 is 0.967 bits per heavy atom. The Kier molecular flexibility index (Phi) is 7.41. The molecule has 1 aliphatic rings. The third-order valence-corrected chi connectivity index (χ3v) is 6.47. The van der Waals surface area contributed by atoms with E-state index in [0.717, 1.165) is 11.3 Å². The molecule has 2 aromatic carbocycles. The molecule has 0 spiro atoms. The zero-order valence-electron chi connectivity index (χ0n) is 17.4. The van der Waals surface area contributed by atoms with Gasteiger partial charge in [-0.25, -0.2) is 13.1 Å². The zero-order chi connectivity index (χ0) is 21.6. The van der Waals surface area contributed by atoms with Gasteiger partial charge in [-0.15, -0.1) is 0 Å². The summed E-state index contributed by atoms with van der Waals surface area (Å²) >= 11 is 0. The fourth-order valence-corrected chi connectivity index (χ4v) is 4.60. The van der Waals surface area contributed by atoms with Crippen molar-refractivity contribution < 1.29 is 27.4 Å². The molecular formula is C21H28N2O6S. The topological polar surface area (TPSA) is 95.1 Å². The molecule has 2 aromatic rings. The summed E-state index contributed by atoms with van der Waals surface area (Å²) in [5.41, 5.74) is 1.73. The van der Waals surface area contributed by atoms with Crippen LogP contribution in [0.1, 0.15) is 18.4 Å². The molecule has 8 nitrogen and oxygen atoms in total. The molecule has 1 fully saturated rings. The molecule has 2 N–H and O–H groups in total. The third-order valence-electron chi connectivity index (χ3n) is 4.93. The van der Waals surface area contributed by atoms with Crippen molar-refractivity contribution >= 4 is 15.7 Å². The van der Waals surface area contributed by atoms with Crippen LogP contribution in [0.5, 0.6) is 17.2 Å². The smallest absolute Gasteiger partial charge is 0.240 e. The average molecular weight is 437 g/mol. The maximum atomic E-state index is 12.6. The van der Waals surface area contributed by atoms with Crippen molar-refractivity contribution in [3.8, 4) is 17.2 Å². The van der Waals surface area contributed by atoms with Gasteiger partial charge >= 0.3 is 0 Å². The van der Waals surface area contributed by atoms with Gasteiger partial charge in [0.25, 0.3) is 0 Å². The predicted octanol–water partition coefficient (Wildman–Crippen LogP) is 2.78. The second-order valence-electron chi connectivity index (χ2n) is 6.92. The van der Waals surface area contributed by atoms with Gasteiger partial charge in [0.1, 0.15) is 0 Å². The van der Waals surface area contributed by atoms with Gasteiger partial charge < -0.3 is 24.3 Å². The molecule has 0 amide bonds. The molecule has 0 radical (unpaired) electrons. The molecule has 0 bridgehead atoms. The lowest BCUT2D eigenvalue weighted by molar-refractivity contribution is 0.0832. The standard InChI is InChI=1S/C21H28N2O6S/c1-26-19-12-15(13-20(27-2)21(19)28-3)14-22-16-4-6-18(7-5-16)30(24,25)23-17-8-10-29-11-9-17/h4-7,12-13,17,22-23H,8-11,14H2,1-3H3. The summed E-state index contributed by atoms with van der Waals surface area (Å²) in [4.78, 5) is 0.243. The highest BCUT2D eigenvalue weighted by molar-refractivity contribution is 7.89. The van der Waals surface area contributed by atoms with Crippen LogP contribution in [0.25, 0.3) is 0 Å². The minimum absolute atomic E-state index is 0.0819. The van der Waals surface area contributed by atoms with E-state index in [9.17, 15) is 8.42 Å². The van der Waals surface area contributed by atoms with Gasteiger partial charge in [-0.05, 0) is 54.8 Å². The molecule has 0 aromatic heterocycles. The molecule has 1 heterocycles. The lowest BCUT2D eigenvalue weighted by Crippen LogP contribution is -2.38. The highest BCUT2D eigenvalue weighted by Gasteiger charge is 2.22. The van der Waals surface area contributed by atoms with Gasteiger partial charge in [0.05, 0.1) is 26.2 Å². The minimum Gasteiger partial charge on any atom is -0.493 e. The van der Waals surface area contributed by atoms with E-state index in [-0.39, 0.29) is 10.9 Å². The first-order valence-corrected chi connectivity index (χ1v) is 11.2. The average Bonchev–Trinajstić information content (AvgIpc) is 2.77. The van der Waals surface area contributed by atoms with Crippen molar-refractivity contribution in [2.75, 3.05) is 39.9 Å². The Bertz CT molecular complexity index is 915. The summed E-state index contributed by atoms with van der Waals surface area (Å²) in [5, 5.41) is 3.28. The van der Waals surface area contributed by atoms with E-state index in [1.807, 2.05) is 12.1 Å². The molecule has 0 atom stereocenters. The number of sulfonamides is 1. The second kappa shape index (κ2) is 10.0. The van der Waals surface area contributed by atoms with Crippen molar-refractivity contribution in [3.05, 3.63) is 42.0 Å². The number of anilines is 1. The Morgan fingerprint density at radius 3 is 2.10 bits per heavy atom. The first-order valence-electron chi connectivity index (χ1n) is 9.69. The van der Waals surface area contributed by atoms with Crippen LogP contribution < -0.4 is 24.2 Å². The van der Waals surface area contributed by atoms with Gasteiger partial charge in [-0.1, -0.05) is 0 Å². The summed E-state index contributed by atoms with van der Waals surface area (Å²) in [7, 11) is 1.15. The summed E-state index contributed by atoms with van der Waals surface area (Å²) < 4.78 is 49.3. The Morgan fingerprint density at radius 2 is 1.57 bits per heavy atom. The SMILES string of the molecule is COc1cc(CNc2ccc(S(=O)(=O)NC3CCOCC3)cc2)cc(OC)c1OC. The Balaban J connectivity index is 1.66. The van der Waals surface area contributed by atoms with Crippen LogP contribution in [0.2, 0.25) is 0 Å². The van der Waals surface area contributed by atoms with Crippen LogP contribution in [-0.2, 0) is 21.3 Å². The lowest BCUT2D eigenvalue weighted by Gasteiger charge is -2.23. The zero-order valence-corrected chi connectivity index (χ0v) is 18.3. The van der Waals surface area contributed by atoms with Gasteiger partial charge in [-0.3, -0.25) is 0 Å². The van der Waals surface area contributed by atoms with Crippen molar-refractivity contribution in [3.63, 3.8) is 0 Å². The molecule has 0 aliphatic carbocycles. The van der Waals surface area contributed by atoms with Crippen LogP contribution in [0, 0.1) is 0 Å². The molecule has 9 heteroatoms. The summed E-state index contributed by atoms with van der Waals surface area (Å²) in [6.07, 6.45) is 1.38. The maximum absolute atomic E-state index is 12.6. The van der Waals surface area contributed by atoms with E-state index >= 15 is 0 Å². The monoisotopic (exact) mass is 436 g/mol. The molecule has 1 aliphatic heterocycles. The van der Waals surface area contributed by atoms with Gasteiger partial charge in [0.15, 0.2) is 11.5 Å². The van der Waals surface area contributed by atoms with E-state index in [1.165, 1.54) is 0 Å². The number of nitrogens with one attached hydrogen (secondary N) is 2. The lowest BCUT2D eigenvalue weighted by atomic mass is 10.1. The maximum Gasteiger partial charge on any atom is 0.240 e. The Hall–Kier alpha value is -2.49. The molecule has 3 rings (SSSR count). The highest BCUT2D eigenvalue weighted by Crippen LogP contribution is 2.38. The first-order chi connectivity index (χ1) is 14.5. The number of benzene rings is 2. The molecular weight excluding hydrogens is 408 g/mol. The van der Waals surface area contributed by atoms with Gasteiger partial charge in [0, 0.05) is 31.5 Å². The Labute approximate surface area is 177 Å². The molecule has 0 unspecified atom stereocenters. The fraction of sp³-hybridized carbons (Fsp3) is 0.429. The van der Waals surface area contributed by atoms with Gasteiger partial charge in [0.2, 0.25) is 15.8 Å². The number of rotatable bonds is 9. The predicted molar refractivity (Wildman–Crippen MR) is 114 cm³/mol. The normalized spacial score (nSPS) is 14.9. The first kappa shape index (κ1) is 22.2. The highest BCUT2D eigenvalue weighted by atomic mass is 32.2. The van der Waals surface area contributed by atoms with Crippen molar-refractivity contribution in [1.29, 1.82) is 0 Å². The van der Waals surface area contributed by atoms with Crippen LogP contribution >= 0.6 is 0 Å². The molecule has 1 saturated heterocycles. The number of hydrogen-bond donors (Lipinski definition) is 2. The summed E-state index contributed by atoms with van der Waals surface area (Å²) in [5.74, 6) is 1.69. The number of hydrogen-bond acceptors (Lipinski definition) is 7. The minimum atomic E-state index is -3.55. The number of ether oxygens (including phenoxy) is 4. The molecule has 164 valence electrons. The van der Waals surface area contributed by atoms with Crippen molar-refractivity contribution in [2.45, 2.75) is 30.3 Å². The van der Waals surface area contributed by atoms with Gasteiger partial charge in [-0.2, -0.15) is 0 Å². The number of methoxy groups -OCH3 is 3. The van der Waals surface area contributed by atoms with Crippen LogP contribution in [0.4, 0.5) is 5.69 Å². The van der Waals surface area contributed by atoms with E-state index in [2.05, 4.69) is 10.0 Å². The van der Waals surface area contributed by atoms with E-state index < -0.39 is 10.0 Å². The van der Waals surface area contributed by atoms with Crippen LogP contribution in [0.15, 0.2) is 41.3 Å². The fourth-order valence-electron chi connectivity index (χ4n) is 3.30. The van der Waals surface area contributed by atoms with Crippen molar-refractivity contribution in [2.24, 2.45) is 0 Å². The van der Waals surface area contributed by atoms with E-state index in [1.54, 1.807) is 45.6 Å². The summed E-state index contributed by atoms with van der Waals surface area (Å²) in [6.45, 7) is 1.66. The van der Waals surface area contributed by atoms with E-state index in [0.29, 0.717) is 49.8 Å². The van der Waals surface area contributed by atoms with Crippen LogP contribution in [0.3, 0.4) is 0 Å². The largest absolute Gasteiger partial charge is 0.493 e. The van der Waals surface area contributed by atoms with Crippen molar-refractivity contribution in [1.82, 2.24) is 4.72 Å². The second-order valence-corrected chi connectivity index (χ2v) is 8.63.